The number of nitrogens with zero attached hydrogens (tertiary/aromatic N) is 1. The molecule has 1 aromatic heterocycles. The van der Waals surface area contributed by atoms with Gasteiger partial charge in [0, 0.05) is 5.41 Å². The number of allylic oxidation sites excluding steroid dienone is 4. The molecule has 0 radical (unpaired) electrons. The molecule has 11 heteroatoms. The Morgan fingerprint density at radius 1 is 0.784 bits per heavy atom. The fourth-order valence-corrected chi connectivity index (χ4v) is 6.67. The highest BCUT2D eigenvalue weighted by Gasteiger charge is 2.33. The van der Waals surface area contributed by atoms with Gasteiger partial charge >= 0.3 is 15.2 Å². The highest BCUT2D eigenvalue weighted by atomic mass is 31.2. The van der Waals surface area contributed by atoms with Crippen molar-refractivity contribution in [2.45, 2.75) is 32.7 Å². The van der Waals surface area contributed by atoms with Crippen LogP contribution in [0, 0.1) is 19.3 Å². The Balaban J connectivity index is 1.87. The summed E-state index contributed by atoms with van der Waals surface area (Å²) in [6.07, 6.45) is 6.91. The van der Waals surface area contributed by atoms with Crippen LogP contribution in [0.1, 0.15) is 30.0 Å². The van der Waals surface area contributed by atoms with Crippen molar-refractivity contribution in [3.63, 3.8) is 0 Å². The van der Waals surface area contributed by atoms with Crippen LogP contribution in [0.5, 0.6) is 11.5 Å². The van der Waals surface area contributed by atoms with Crippen molar-refractivity contribution in [1.29, 1.82) is 0 Å². The third-order valence-corrected chi connectivity index (χ3v) is 8.74. The lowest BCUT2D eigenvalue weighted by Crippen LogP contribution is -2.23. The molecule has 0 saturated carbocycles. The van der Waals surface area contributed by atoms with Crippen LogP contribution in [0.2, 0.25) is 0 Å². The lowest BCUT2D eigenvalue weighted by molar-refractivity contribution is 0.347. The van der Waals surface area contributed by atoms with Gasteiger partial charge in [-0.25, -0.2) is 0 Å². The molecule has 37 heavy (non-hydrogen) atoms. The van der Waals surface area contributed by atoms with E-state index in [1.165, 1.54) is 0 Å². The molecule has 0 atom stereocenters. The van der Waals surface area contributed by atoms with Crippen molar-refractivity contribution in [2.75, 3.05) is 26.5 Å². The number of aryl methyl sites for hydroxylation is 2. The predicted octanol–water partition coefficient (Wildman–Crippen LogP) is 5.22. The zero-order valence-corrected chi connectivity index (χ0v) is 23.1. The normalized spacial score (nSPS) is 16.1. The van der Waals surface area contributed by atoms with Gasteiger partial charge in [-0.1, -0.05) is 36.4 Å². The van der Waals surface area contributed by atoms with Crippen LogP contribution in [0.15, 0.2) is 48.6 Å². The third kappa shape index (κ3) is 5.58. The molecule has 1 heterocycles. The van der Waals surface area contributed by atoms with E-state index < -0.39 is 20.6 Å². The summed E-state index contributed by atoms with van der Waals surface area (Å²) in [5.74, 6) is 1.51. The van der Waals surface area contributed by atoms with Crippen LogP contribution in [-0.2, 0) is 9.13 Å². The van der Waals surface area contributed by atoms with Gasteiger partial charge in [-0.2, -0.15) is 0 Å². The van der Waals surface area contributed by atoms with Gasteiger partial charge < -0.3 is 33.6 Å². The van der Waals surface area contributed by atoms with Gasteiger partial charge in [0.25, 0.3) is 0 Å². The van der Waals surface area contributed by atoms with Gasteiger partial charge in [0.2, 0.25) is 0 Å². The third-order valence-electron chi connectivity index (χ3n) is 7.13. The minimum atomic E-state index is -4.29. The Hall–Kier alpha value is -2.38. The van der Waals surface area contributed by atoms with Gasteiger partial charge in [-0.15, -0.1) is 0 Å². The molecule has 2 aromatic carbocycles. The summed E-state index contributed by atoms with van der Waals surface area (Å²) in [6, 6.07) is 7.81. The maximum absolute atomic E-state index is 11.6. The average Bonchev–Trinajstić information content (AvgIpc) is 3.15. The Bertz CT molecular complexity index is 1380. The van der Waals surface area contributed by atoms with E-state index in [1.807, 2.05) is 62.4 Å². The molecule has 9 nitrogen and oxygen atoms in total. The number of rotatable bonds is 9. The molecular weight excluding hydrogens is 516 g/mol. The second-order valence-corrected chi connectivity index (χ2v) is 13.3. The SMILES string of the molecule is COc1c(C)ccc2c1c1c(OC)c(C)ccc1n2C1C=CC(CCP(=O)(O)O)(CCP(=O)(O)O)C=C1. The minimum Gasteiger partial charge on any atom is -0.496 e. The van der Waals surface area contributed by atoms with Crippen LogP contribution >= 0.6 is 15.2 Å². The van der Waals surface area contributed by atoms with Crippen molar-refractivity contribution in [3.8, 4) is 11.5 Å². The molecule has 1 aliphatic rings. The fraction of sp³-hybridized carbons (Fsp3) is 0.385. The van der Waals surface area contributed by atoms with Crippen molar-refractivity contribution >= 4 is 37.0 Å². The van der Waals surface area contributed by atoms with Crippen LogP contribution in [0.25, 0.3) is 21.8 Å². The number of hydrogen-bond acceptors (Lipinski definition) is 4. The molecule has 0 spiro atoms. The van der Waals surface area contributed by atoms with Crippen molar-refractivity contribution in [3.05, 3.63) is 59.7 Å². The molecule has 3 aromatic rings. The summed E-state index contributed by atoms with van der Waals surface area (Å²) in [5.41, 5.74) is 2.96. The minimum absolute atomic E-state index is 0.0736. The van der Waals surface area contributed by atoms with Gasteiger partial charge in [-0.05, 0) is 49.9 Å². The zero-order valence-electron chi connectivity index (χ0n) is 21.3. The van der Waals surface area contributed by atoms with E-state index in [1.54, 1.807) is 14.2 Å². The Kier molecular flexibility index (Phi) is 7.52. The van der Waals surface area contributed by atoms with Crippen LogP contribution in [0.4, 0.5) is 0 Å². The van der Waals surface area contributed by atoms with Crippen molar-refractivity contribution in [1.82, 2.24) is 4.57 Å². The van der Waals surface area contributed by atoms with E-state index in [4.69, 9.17) is 9.47 Å². The number of benzene rings is 2. The van der Waals surface area contributed by atoms with Crippen LogP contribution in [0.3, 0.4) is 0 Å². The Morgan fingerprint density at radius 2 is 1.19 bits per heavy atom. The summed E-state index contributed by atoms with van der Waals surface area (Å²) in [4.78, 5) is 37.8. The topological polar surface area (TPSA) is 138 Å². The monoisotopic (exact) mass is 549 g/mol. The number of aromatic nitrogens is 1. The van der Waals surface area contributed by atoms with Crippen LogP contribution in [-0.4, -0.2) is 50.7 Å². The van der Waals surface area contributed by atoms with Crippen molar-refractivity contribution < 1.29 is 38.2 Å². The first-order valence-electron chi connectivity index (χ1n) is 11.9. The zero-order chi connectivity index (χ0) is 27.2. The molecule has 1 aliphatic carbocycles. The number of hydrogen-bond donors (Lipinski definition) is 4. The Labute approximate surface area is 215 Å². The second kappa shape index (κ2) is 10.1. The number of ether oxygens (including phenoxy) is 2. The van der Waals surface area contributed by atoms with Gasteiger partial charge in [0.05, 0.1) is 54.4 Å². The van der Waals surface area contributed by atoms with Crippen LogP contribution < -0.4 is 9.47 Å². The lowest BCUT2D eigenvalue weighted by atomic mass is 9.78. The van der Waals surface area contributed by atoms with E-state index in [9.17, 15) is 28.7 Å². The standard InChI is InChI=1S/C26H33NO8P2/c1-17-5-7-20-22(24(17)34-3)23-21(8-6-18(2)25(23)35-4)27(20)19-9-11-26(12-10-19,13-15-36(28,29)30)14-16-37(31,32)33/h5-12,19H,13-16H2,1-4H3,(H2,28,29,30)(H2,31,32,33). The summed E-state index contributed by atoms with van der Waals surface area (Å²) in [7, 11) is -5.29. The quantitative estimate of drug-likeness (QED) is 0.211. The van der Waals surface area contributed by atoms with E-state index in [2.05, 4.69) is 4.57 Å². The molecule has 0 bridgehead atoms. The predicted molar refractivity (Wildman–Crippen MR) is 145 cm³/mol. The molecular formula is C26H33NO8P2. The maximum atomic E-state index is 11.6. The second-order valence-electron chi connectivity index (χ2n) is 9.71. The summed E-state index contributed by atoms with van der Waals surface area (Å²) in [6.45, 7) is 3.97. The van der Waals surface area contributed by atoms with Gasteiger partial charge in [-0.3, -0.25) is 9.13 Å². The van der Waals surface area contributed by atoms with E-state index in [0.29, 0.717) is 0 Å². The first-order valence-corrected chi connectivity index (χ1v) is 15.5. The van der Waals surface area contributed by atoms with Gasteiger partial charge in [0.1, 0.15) is 11.5 Å². The number of methoxy groups -OCH3 is 2. The smallest absolute Gasteiger partial charge is 0.325 e. The molecule has 0 saturated heterocycles. The van der Waals surface area contributed by atoms with Crippen molar-refractivity contribution in [2.24, 2.45) is 5.41 Å². The largest absolute Gasteiger partial charge is 0.496 e. The molecule has 0 fully saturated rings. The first-order chi connectivity index (χ1) is 17.3. The first kappa shape index (κ1) is 27.6. The highest BCUT2D eigenvalue weighted by molar-refractivity contribution is 7.52. The molecule has 4 rings (SSSR count). The number of fused-ring (bicyclic) bond motifs is 3. The molecule has 0 unspecified atom stereocenters. The lowest BCUT2D eigenvalue weighted by Gasteiger charge is -2.32. The van der Waals surface area contributed by atoms with E-state index in [0.717, 1.165) is 44.4 Å². The highest BCUT2D eigenvalue weighted by Crippen LogP contribution is 2.49. The van der Waals surface area contributed by atoms with E-state index in [-0.39, 0.29) is 31.2 Å². The molecule has 200 valence electrons. The summed E-state index contributed by atoms with van der Waals surface area (Å²) < 4.78 is 37.0. The molecule has 0 amide bonds. The maximum Gasteiger partial charge on any atom is 0.325 e. The fourth-order valence-electron chi connectivity index (χ4n) is 5.25. The Morgan fingerprint density at radius 3 is 1.54 bits per heavy atom. The molecule has 4 N–H and O–H groups in total. The summed E-state index contributed by atoms with van der Waals surface area (Å²) in [5, 5.41) is 1.86. The van der Waals surface area contributed by atoms with Gasteiger partial charge in [0.15, 0.2) is 0 Å². The molecule has 0 aliphatic heterocycles. The average molecular weight is 549 g/mol. The summed E-state index contributed by atoms with van der Waals surface area (Å²) >= 11 is 0. The van der Waals surface area contributed by atoms with E-state index >= 15 is 0 Å².